The molecule has 142 valence electrons. The molecular formula is C21H27NaO4S. The van der Waals surface area contributed by atoms with Crippen LogP contribution in [-0.2, 0) is 16.5 Å². The molecular weight excluding hydrogens is 371 g/mol. The smallest absolute Gasteiger partial charge is 0.744 e. The minimum atomic E-state index is -4.53. The monoisotopic (exact) mass is 398 g/mol. The average Bonchev–Trinajstić information content (AvgIpc) is 2.62. The minimum absolute atomic E-state index is 0. The van der Waals surface area contributed by atoms with Crippen molar-refractivity contribution in [1.29, 1.82) is 0 Å². The molecule has 0 aliphatic heterocycles. The van der Waals surface area contributed by atoms with Gasteiger partial charge in [-0.15, -0.1) is 0 Å². The first-order valence-electron chi connectivity index (χ1n) is 9.33. The van der Waals surface area contributed by atoms with Crippen LogP contribution in [0, 0.1) is 0 Å². The second-order valence-corrected chi connectivity index (χ2v) is 7.82. The van der Waals surface area contributed by atoms with Gasteiger partial charge in [0.15, 0.2) is 0 Å². The Kier molecular flexibility index (Phi) is 11.3. The second kappa shape index (κ2) is 12.6. The van der Waals surface area contributed by atoms with E-state index in [1.807, 2.05) is 18.2 Å². The number of ether oxygens (including phenoxy) is 1. The van der Waals surface area contributed by atoms with Crippen LogP contribution < -0.4 is 34.3 Å². The SMILES string of the molecule is CCCCCCCCCc1c(Oc2ccccc2)cccc1S(=O)(=O)[O-].[Na+]. The fourth-order valence-electron chi connectivity index (χ4n) is 3.00. The van der Waals surface area contributed by atoms with Gasteiger partial charge in [-0.05, 0) is 37.1 Å². The van der Waals surface area contributed by atoms with E-state index in [0.29, 0.717) is 23.5 Å². The Morgan fingerprint density at radius 3 is 2.11 bits per heavy atom. The van der Waals surface area contributed by atoms with Gasteiger partial charge in [-0.25, -0.2) is 8.42 Å². The Balaban J connectivity index is 0.00000364. The Morgan fingerprint density at radius 2 is 1.48 bits per heavy atom. The predicted octanol–water partition coefficient (Wildman–Crippen LogP) is 2.68. The largest absolute Gasteiger partial charge is 1.00 e. The van der Waals surface area contributed by atoms with Gasteiger partial charge in [0.05, 0.1) is 4.90 Å². The van der Waals surface area contributed by atoms with Crippen molar-refractivity contribution in [3.8, 4) is 11.5 Å². The molecule has 0 atom stereocenters. The zero-order chi connectivity index (χ0) is 18.8. The fraction of sp³-hybridized carbons (Fsp3) is 0.429. The first-order chi connectivity index (χ1) is 12.5. The number of hydrogen-bond donors (Lipinski definition) is 0. The Morgan fingerprint density at radius 1 is 0.852 bits per heavy atom. The Hall–Kier alpha value is -0.850. The number of hydrogen-bond acceptors (Lipinski definition) is 4. The van der Waals surface area contributed by atoms with Crippen LogP contribution in [0.15, 0.2) is 53.4 Å². The summed E-state index contributed by atoms with van der Waals surface area (Å²) in [6, 6.07) is 13.8. The van der Waals surface area contributed by atoms with E-state index in [-0.39, 0.29) is 34.5 Å². The number of benzene rings is 2. The summed E-state index contributed by atoms with van der Waals surface area (Å²) in [7, 11) is -4.53. The van der Waals surface area contributed by atoms with Crippen LogP contribution in [-0.4, -0.2) is 13.0 Å². The van der Waals surface area contributed by atoms with Gasteiger partial charge in [0.2, 0.25) is 0 Å². The van der Waals surface area contributed by atoms with Gasteiger partial charge in [0, 0.05) is 5.56 Å². The summed E-state index contributed by atoms with van der Waals surface area (Å²) < 4.78 is 40.8. The van der Waals surface area contributed by atoms with Crippen LogP contribution in [0.1, 0.15) is 57.4 Å². The molecule has 0 heterocycles. The minimum Gasteiger partial charge on any atom is -0.744 e. The van der Waals surface area contributed by atoms with Crippen LogP contribution in [0.5, 0.6) is 11.5 Å². The number of rotatable bonds is 11. The topological polar surface area (TPSA) is 66.4 Å². The fourth-order valence-corrected chi connectivity index (χ4v) is 3.75. The molecule has 4 nitrogen and oxygen atoms in total. The molecule has 0 saturated heterocycles. The van der Waals surface area contributed by atoms with Gasteiger partial charge < -0.3 is 9.29 Å². The van der Waals surface area contributed by atoms with E-state index >= 15 is 0 Å². The molecule has 0 N–H and O–H groups in total. The van der Waals surface area contributed by atoms with Gasteiger partial charge >= 0.3 is 29.6 Å². The maximum absolute atomic E-state index is 11.7. The van der Waals surface area contributed by atoms with Gasteiger partial charge in [0.1, 0.15) is 21.6 Å². The molecule has 0 unspecified atom stereocenters. The third kappa shape index (κ3) is 8.36. The molecule has 0 aromatic heterocycles. The Bertz CT molecular complexity index is 776. The summed E-state index contributed by atoms with van der Waals surface area (Å²) in [4.78, 5) is -0.170. The molecule has 0 aliphatic rings. The molecule has 6 heteroatoms. The van der Waals surface area contributed by atoms with Crippen molar-refractivity contribution in [2.45, 2.75) is 63.2 Å². The van der Waals surface area contributed by atoms with E-state index in [1.54, 1.807) is 24.3 Å². The van der Waals surface area contributed by atoms with Crippen molar-refractivity contribution in [1.82, 2.24) is 0 Å². The first kappa shape index (κ1) is 24.2. The van der Waals surface area contributed by atoms with E-state index in [2.05, 4.69) is 6.92 Å². The van der Waals surface area contributed by atoms with Crippen molar-refractivity contribution in [3.05, 3.63) is 54.1 Å². The number of para-hydroxylation sites is 1. The van der Waals surface area contributed by atoms with E-state index in [0.717, 1.165) is 19.3 Å². The molecule has 0 bridgehead atoms. The molecule has 2 rings (SSSR count). The molecule has 0 aliphatic carbocycles. The summed E-state index contributed by atoms with van der Waals surface area (Å²) in [6.45, 7) is 2.19. The molecule has 0 radical (unpaired) electrons. The van der Waals surface area contributed by atoms with Crippen LogP contribution in [0.2, 0.25) is 0 Å². The normalized spacial score (nSPS) is 11.0. The summed E-state index contributed by atoms with van der Waals surface area (Å²) in [5, 5.41) is 0. The van der Waals surface area contributed by atoms with Crippen LogP contribution in [0.25, 0.3) is 0 Å². The van der Waals surface area contributed by atoms with E-state index < -0.39 is 10.1 Å². The zero-order valence-corrected chi connectivity index (χ0v) is 19.1. The molecule has 2 aromatic carbocycles. The quantitative estimate of drug-likeness (QED) is 0.332. The predicted molar refractivity (Wildman–Crippen MR) is 103 cm³/mol. The third-order valence-corrected chi connectivity index (χ3v) is 5.28. The summed E-state index contributed by atoms with van der Waals surface area (Å²) in [5.74, 6) is 1.06. The van der Waals surface area contributed by atoms with Gasteiger partial charge in [-0.2, -0.15) is 0 Å². The maximum atomic E-state index is 11.7. The number of unbranched alkanes of at least 4 members (excludes halogenated alkanes) is 6. The molecule has 0 fully saturated rings. The van der Waals surface area contributed by atoms with Crippen LogP contribution in [0.4, 0.5) is 0 Å². The van der Waals surface area contributed by atoms with Crippen molar-refractivity contribution < 1.29 is 47.3 Å². The molecule has 27 heavy (non-hydrogen) atoms. The summed E-state index contributed by atoms with van der Waals surface area (Å²) in [5.41, 5.74) is 0.486. The van der Waals surface area contributed by atoms with Gasteiger partial charge in [0.25, 0.3) is 0 Å². The third-order valence-electron chi connectivity index (χ3n) is 4.36. The van der Waals surface area contributed by atoms with Crippen molar-refractivity contribution in [2.24, 2.45) is 0 Å². The zero-order valence-electron chi connectivity index (χ0n) is 16.3. The van der Waals surface area contributed by atoms with Gasteiger partial charge in [-0.1, -0.05) is 69.7 Å². The standard InChI is InChI=1S/C21H28O4S.Na/c1-2-3-4-5-6-7-11-15-19-20(25-18-13-9-8-10-14-18)16-12-17-21(19)26(22,23)24;/h8-10,12-14,16-17H,2-7,11,15H2,1H3,(H,22,23,24);/q;+1/p-1. The van der Waals surface area contributed by atoms with Gasteiger partial charge in [-0.3, -0.25) is 0 Å². The van der Waals surface area contributed by atoms with Crippen LogP contribution in [0.3, 0.4) is 0 Å². The summed E-state index contributed by atoms with van der Waals surface area (Å²) >= 11 is 0. The van der Waals surface area contributed by atoms with E-state index in [4.69, 9.17) is 4.74 Å². The molecule has 2 aromatic rings. The molecule has 0 saturated carbocycles. The maximum Gasteiger partial charge on any atom is 1.00 e. The van der Waals surface area contributed by atoms with E-state index in [9.17, 15) is 13.0 Å². The van der Waals surface area contributed by atoms with Crippen molar-refractivity contribution in [3.63, 3.8) is 0 Å². The van der Waals surface area contributed by atoms with Crippen molar-refractivity contribution >= 4 is 10.1 Å². The molecule has 0 spiro atoms. The molecule has 0 amide bonds. The first-order valence-corrected chi connectivity index (χ1v) is 10.7. The summed E-state index contributed by atoms with van der Waals surface area (Å²) in [6.07, 6.45) is 8.41. The Labute approximate surface area is 185 Å². The average molecular weight is 399 g/mol. The van der Waals surface area contributed by atoms with Crippen LogP contribution >= 0.6 is 0 Å². The van der Waals surface area contributed by atoms with Crippen molar-refractivity contribution in [2.75, 3.05) is 0 Å². The second-order valence-electron chi connectivity index (χ2n) is 6.47. The van der Waals surface area contributed by atoms with E-state index in [1.165, 1.54) is 31.7 Å².